The van der Waals surface area contributed by atoms with Crippen LogP contribution in [-0.4, -0.2) is 61.4 Å². The van der Waals surface area contributed by atoms with Crippen LogP contribution >= 0.6 is 0 Å². The maximum atomic E-state index is 13.6. The highest BCUT2D eigenvalue weighted by atomic mass is 32.2. The molecule has 3 aliphatic heterocycles. The molecule has 3 atom stereocenters. The molecule has 0 amide bonds. The van der Waals surface area contributed by atoms with Crippen molar-refractivity contribution in [1.82, 2.24) is 9.21 Å². The van der Waals surface area contributed by atoms with E-state index in [1.165, 1.54) is 0 Å². The van der Waals surface area contributed by atoms with Crippen LogP contribution in [0.3, 0.4) is 0 Å². The summed E-state index contributed by atoms with van der Waals surface area (Å²) >= 11 is 0. The van der Waals surface area contributed by atoms with Crippen molar-refractivity contribution in [3.8, 4) is 22.6 Å². The molecule has 0 radical (unpaired) electrons. The van der Waals surface area contributed by atoms with E-state index in [-0.39, 0.29) is 18.8 Å². The van der Waals surface area contributed by atoms with Gasteiger partial charge in [0.2, 0.25) is 16.8 Å². The van der Waals surface area contributed by atoms with Gasteiger partial charge in [-0.15, -0.1) is 0 Å². The highest BCUT2D eigenvalue weighted by molar-refractivity contribution is 7.89. The first kappa shape index (κ1) is 23.5. The van der Waals surface area contributed by atoms with Crippen molar-refractivity contribution in [3.05, 3.63) is 77.9 Å². The van der Waals surface area contributed by atoms with Gasteiger partial charge in [0.25, 0.3) is 0 Å². The van der Waals surface area contributed by atoms with Crippen molar-refractivity contribution in [2.45, 2.75) is 42.8 Å². The Morgan fingerprint density at radius 1 is 0.889 bits per heavy atom. The number of rotatable bonds is 4. The molecule has 8 heteroatoms. The van der Waals surface area contributed by atoms with Crippen LogP contribution in [-0.2, 0) is 10.0 Å². The number of aryl methyl sites for hydroxylation is 1. The number of sulfonamides is 1. The van der Waals surface area contributed by atoms with Gasteiger partial charge in [-0.3, -0.25) is 4.90 Å². The van der Waals surface area contributed by atoms with Crippen LogP contribution in [0.15, 0.2) is 71.6 Å². The number of fused-ring (bicyclic) bond motifs is 2. The van der Waals surface area contributed by atoms with Crippen molar-refractivity contribution in [3.63, 3.8) is 0 Å². The minimum Gasteiger partial charge on any atom is -0.454 e. The quantitative estimate of drug-likeness (QED) is 0.577. The first-order valence-electron chi connectivity index (χ1n) is 12.4. The molecule has 188 valence electrons. The lowest BCUT2D eigenvalue weighted by molar-refractivity contribution is -0.148. The Labute approximate surface area is 211 Å². The fraction of sp³-hybridized carbons (Fsp3) is 0.357. The van der Waals surface area contributed by atoms with Gasteiger partial charge in [0.1, 0.15) is 6.23 Å². The predicted octanol–water partition coefficient (Wildman–Crippen LogP) is 3.96. The fourth-order valence-corrected chi connectivity index (χ4v) is 7.40. The first-order chi connectivity index (χ1) is 17.4. The Kier molecular flexibility index (Phi) is 6.00. The molecule has 3 aliphatic rings. The topological polar surface area (TPSA) is 79.3 Å². The summed E-state index contributed by atoms with van der Waals surface area (Å²) in [6.07, 6.45) is 1.01. The number of aliphatic hydroxyl groups excluding tert-OH is 1. The lowest BCUT2D eigenvalue weighted by Crippen LogP contribution is -2.66. The number of nitrogens with zero attached hydrogens (tertiary/aromatic N) is 2. The zero-order chi connectivity index (χ0) is 24.9. The normalized spacial score (nSPS) is 24.4. The van der Waals surface area contributed by atoms with Gasteiger partial charge >= 0.3 is 0 Å². The molecule has 2 fully saturated rings. The molecule has 1 N–H and O–H groups in total. The number of hydrogen-bond acceptors (Lipinski definition) is 6. The van der Waals surface area contributed by atoms with E-state index in [4.69, 9.17) is 9.47 Å². The van der Waals surface area contributed by atoms with E-state index in [0.717, 1.165) is 53.1 Å². The SMILES string of the molecule is Cc1ccccc1S(=O)(=O)N1CCCCN2[C@H](O)[C@@H](c3ccc(-c4ccc5c(c4)OCO5)cc3)[C@@H]2C1. The highest BCUT2D eigenvalue weighted by Gasteiger charge is 2.50. The van der Waals surface area contributed by atoms with Gasteiger partial charge in [-0.25, -0.2) is 8.42 Å². The summed E-state index contributed by atoms with van der Waals surface area (Å²) in [7, 11) is -3.62. The molecule has 6 rings (SSSR count). The van der Waals surface area contributed by atoms with E-state index in [9.17, 15) is 13.5 Å². The molecule has 0 aromatic heterocycles. The molecule has 0 aliphatic carbocycles. The third kappa shape index (κ3) is 3.98. The van der Waals surface area contributed by atoms with E-state index in [2.05, 4.69) is 4.90 Å². The average Bonchev–Trinajstić information content (AvgIpc) is 3.34. The Balaban J connectivity index is 1.26. The van der Waals surface area contributed by atoms with Gasteiger partial charge in [0.05, 0.1) is 4.90 Å². The maximum Gasteiger partial charge on any atom is 0.243 e. The second kappa shape index (κ2) is 9.19. The molecule has 0 spiro atoms. The van der Waals surface area contributed by atoms with Gasteiger partial charge < -0.3 is 14.6 Å². The van der Waals surface area contributed by atoms with Gasteiger partial charge in [-0.05, 0) is 60.2 Å². The minimum atomic E-state index is -3.62. The Morgan fingerprint density at radius 3 is 2.42 bits per heavy atom. The highest BCUT2D eigenvalue weighted by Crippen LogP contribution is 2.42. The Morgan fingerprint density at radius 2 is 1.61 bits per heavy atom. The third-order valence-electron chi connectivity index (χ3n) is 7.68. The van der Waals surface area contributed by atoms with Crippen molar-refractivity contribution in [2.75, 3.05) is 26.4 Å². The van der Waals surface area contributed by atoms with E-state index in [0.29, 0.717) is 18.0 Å². The molecule has 36 heavy (non-hydrogen) atoms. The summed E-state index contributed by atoms with van der Waals surface area (Å²) in [5.41, 5.74) is 3.84. The molecule has 3 aromatic rings. The Hall–Kier alpha value is -2.91. The molecule has 0 bridgehead atoms. The smallest absolute Gasteiger partial charge is 0.243 e. The summed E-state index contributed by atoms with van der Waals surface area (Å²) in [5.74, 6) is 1.34. The summed E-state index contributed by atoms with van der Waals surface area (Å²) in [6, 6.07) is 21.2. The van der Waals surface area contributed by atoms with Crippen molar-refractivity contribution in [2.24, 2.45) is 0 Å². The zero-order valence-electron chi connectivity index (χ0n) is 20.2. The summed E-state index contributed by atoms with van der Waals surface area (Å²) in [6.45, 7) is 3.71. The summed E-state index contributed by atoms with van der Waals surface area (Å²) in [5, 5.41) is 11.0. The van der Waals surface area contributed by atoms with Crippen LogP contribution in [0, 0.1) is 6.92 Å². The molecule has 0 unspecified atom stereocenters. The van der Waals surface area contributed by atoms with E-state index in [1.54, 1.807) is 16.4 Å². The molecule has 7 nitrogen and oxygen atoms in total. The Bertz CT molecular complexity index is 1370. The molecular formula is C28H30N2O5S. The van der Waals surface area contributed by atoms with Crippen LogP contribution in [0.25, 0.3) is 11.1 Å². The van der Waals surface area contributed by atoms with Gasteiger partial charge in [0, 0.05) is 31.6 Å². The van der Waals surface area contributed by atoms with Crippen molar-refractivity contribution >= 4 is 10.0 Å². The molecule has 3 heterocycles. The predicted molar refractivity (Wildman–Crippen MR) is 136 cm³/mol. The molecule has 3 aromatic carbocycles. The zero-order valence-corrected chi connectivity index (χ0v) is 21.0. The molecular weight excluding hydrogens is 476 g/mol. The van der Waals surface area contributed by atoms with Gasteiger partial charge in [-0.1, -0.05) is 48.5 Å². The lowest BCUT2D eigenvalue weighted by atomic mass is 9.79. The molecule has 2 saturated heterocycles. The van der Waals surface area contributed by atoms with E-state index in [1.807, 2.05) is 61.5 Å². The fourth-order valence-electron chi connectivity index (χ4n) is 5.68. The van der Waals surface area contributed by atoms with Gasteiger partial charge in [-0.2, -0.15) is 4.31 Å². The van der Waals surface area contributed by atoms with Crippen molar-refractivity contribution < 1.29 is 23.0 Å². The number of hydrogen-bond donors (Lipinski definition) is 1. The van der Waals surface area contributed by atoms with Crippen molar-refractivity contribution in [1.29, 1.82) is 0 Å². The number of benzene rings is 3. The average molecular weight is 507 g/mol. The van der Waals surface area contributed by atoms with E-state index >= 15 is 0 Å². The van der Waals surface area contributed by atoms with Gasteiger partial charge in [0.15, 0.2) is 11.5 Å². The number of ether oxygens (including phenoxy) is 2. The van der Waals surface area contributed by atoms with Crippen LogP contribution < -0.4 is 9.47 Å². The van der Waals surface area contributed by atoms with Crippen LogP contribution in [0.5, 0.6) is 11.5 Å². The standard InChI is InChI=1S/C28H30N2O5S/c1-19-6-2-3-7-26(19)36(32,33)29-14-4-5-15-30-23(17-29)27(28(30)31)21-10-8-20(9-11-21)22-12-13-24-25(16-22)35-18-34-24/h2-3,6-13,16,23,27-28,31H,4-5,14-15,17-18H2,1H3/t23-,27-,28+/m0/s1. The summed E-state index contributed by atoms with van der Waals surface area (Å²) in [4.78, 5) is 2.41. The second-order valence-corrected chi connectivity index (χ2v) is 11.7. The van der Waals surface area contributed by atoms with E-state index < -0.39 is 16.3 Å². The molecule has 0 saturated carbocycles. The third-order valence-corrected chi connectivity index (χ3v) is 9.70. The van der Waals surface area contributed by atoms with Crippen LogP contribution in [0.4, 0.5) is 0 Å². The van der Waals surface area contributed by atoms with Crippen LogP contribution in [0.1, 0.15) is 29.9 Å². The van der Waals surface area contributed by atoms with Crippen LogP contribution in [0.2, 0.25) is 0 Å². The monoisotopic (exact) mass is 506 g/mol. The summed E-state index contributed by atoms with van der Waals surface area (Å²) < 4.78 is 39.7. The second-order valence-electron chi connectivity index (χ2n) is 9.77. The first-order valence-corrected chi connectivity index (χ1v) is 13.9. The number of aliphatic hydroxyl groups is 1. The lowest BCUT2D eigenvalue weighted by Gasteiger charge is -2.55. The largest absolute Gasteiger partial charge is 0.454 e. The maximum absolute atomic E-state index is 13.6. The minimum absolute atomic E-state index is 0.0736.